The predicted molar refractivity (Wildman–Crippen MR) is 80.1 cm³/mol. The summed E-state index contributed by atoms with van der Waals surface area (Å²) in [6, 6.07) is 18.5. The molecule has 0 saturated carbocycles. The Kier molecular flexibility index (Phi) is 4.64. The molecule has 0 saturated heterocycles. The Morgan fingerprint density at radius 1 is 0.950 bits per heavy atom. The van der Waals surface area contributed by atoms with Gasteiger partial charge in [-0.3, -0.25) is 4.79 Å². The molecule has 0 spiro atoms. The first-order valence-electron chi connectivity index (χ1n) is 6.24. The lowest BCUT2D eigenvalue weighted by molar-refractivity contribution is 0.104. The Bertz CT molecular complexity index is 674. The Morgan fingerprint density at radius 2 is 1.65 bits per heavy atom. The van der Waals surface area contributed by atoms with E-state index in [-0.39, 0.29) is 5.78 Å². The number of ketones is 1. The number of carbonyl (C=O) groups excluding carboxylic acids is 1. The van der Waals surface area contributed by atoms with E-state index in [1.54, 1.807) is 30.3 Å². The average Bonchev–Trinajstić information content (AvgIpc) is 2.52. The van der Waals surface area contributed by atoms with E-state index in [4.69, 9.17) is 5.26 Å². The van der Waals surface area contributed by atoms with E-state index < -0.39 is 0 Å². The number of benzene rings is 2. The number of nitrogens with zero attached hydrogens (tertiary/aromatic N) is 1. The highest BCUT2D eigenvalue weighted by atomic mass is 16.1. The van der Waals surface area contributed by atoms with Crippen LogP contribution in [0.1, 0.15) is 21.5 Å². The molecule has 0 aliphatic rings. The van der Waals surface area contributed by atoms with Gasteiger partial charge in [-0.1, -0.05) is 48.6 Å². The zero-order chi connectivity index (χ0) is 14.2. The maximum atomic E-state index is 11.9. The predicted octanol–water partition coefficient (Wildman–Crippen LogP) is 4.01. The van der Waals surface area contributed by atoms with Crippen LogP contribution in [0.2, 0.25) is 0 Å². The van der Waals surface area contributed by atoms with Gasteiger partial charge in [0, 0.05) is 5.56 Å². The van der Waals surface area contributed by atoms with Crippen LogP contribution in [0.25, 0.3) is 6.08 Å². The van der Waals surface area contributed by atoms with Crippen molar-refractivity contribution in [2.24, 2.45) is 0 Å². The summed E-state index contributed by atoms with van der Waals surface area (Å²) < 4.78 is 0. The molecule has 0 radical (unpaired) electrons. The first kappa shape index (κ1) is 13.5. The third kappa shape index (κ3) is 3.79. The van der Waals surface area contributed by atoms with Gasteiger partial charge in [0.1, 0.15) is 0 Å². The van der Waals surface area contributed by atoms with Crippen LogP contribution in [0, 0.1) is 11.3 Å². The summed E-state index contributed by atoms with van der Waals surface area (Å²) in [5.41, 5.74) is 2.21. The van der Waals surface area contributed by atoms with Gasteiger partial charge in [0.2, 0.25) is 0 Å². The van der Waals surface area contributed by atoms with Crippen LogP contribution in [-0.4, -0.2) is 5.78 Å². The first-order valence-corrected chi connectivity index (χ1v) is 6.24. The van der Waals surface area contributed by atoms with Crippen LogP contribution in [-0.2, 0) is 0 Å². The lowest BCUT2D eigenvalue weighted by Gasteiger charge is -1.94. The third-order valence-corrected chi connectivity index (χ3v) is 2.75. The van der Waals surface area contributed by atoms with Gasteiger partial charge in [0.15, 0.2) is 5.78 Å². The molecule has 0 atom stereocenters. The van der Waals surface area contributed by atoms with Crippen molar-refractivity contribution in [3.63, 3.8) is 0 Å². The number of nitriles is 1. The molecule has 20 heavy (non-hydrogen) atoms. The summed E-state index contributed by atoms with van der Waals surface area (Å²) in [5, 5.41) is 8.69. The largest absolute Gasteiger partial charge is 0.289 e. The summed E-state index contributed by atoms with van der Waals surface area (Å²) >= 11 is 0. The minimum absolute atomic E-state index is 0.0767. The van der Waals surface area contributed by atoms with E-state index in [2.05, 4.69) is 0 Å². The second-order valence-corrected chi connectivity index (χ2v) is 4.18. The Labute approximate surface area is 118 Å². The van der Waals surface area contributed by atoms with E-state index in [0.717, 1.165) is 5.56 Å². The molecule has 0 unspecified atom stereocenters. The number of rotatable bonds is 4. The summed E-state index contributed by atoms with van der Waals surface area (Å²) in [7, 11) is 0. The summed E-state index contributed by atoms with van der Waals surface area (Å²) in [6.07, 6.45) is 6.99. The fourth-order valence-corrected chi connectivity index (χ4v) is 1.68. The topological polar surface area (TPSA) is 40.9 Å². The molecule has 0 aliphatic heterocycles. The molecular formula is C18H13NO. The normalized spacial score (nSPS) is 10.8. The van der Waals surface area contributed by atoms with Crippen LogP contribution in [0.5, 0.6) is 0 Å². The minimum Gasteiger partial charge on any atom is -0.289 e. The van der Waals surface area contributed by atoms with Crippen molar-refractivity contribution >= 4 is 11.9 Å². The molecule has 0 aromatic heterocycles. The van der Waals surface area contributed by atoms with Crippen molar-refractivity contribution < 1.29 is 4.79 Å². The molecular weight excluding hydrogens is 246 g/mol. The molecule has 96 valence electrons. The fourth-order valence-electron chi connectivity index (χ4n) is 1.68. The quantitative estimate of drug-likeness (QED) is 0.473. The number of hydrogen-bond acceptors (Lipinski definition) is 2. The van der Waals surface area contributed by atoms with Crippen LogP contribution in [0.3, 0.4) is 0 Å². The van der Waals surface area contributed by atoms with Crippen LogP contribution >= 0.6 is 0 Å². The van der Waals surface area contributed by atoms with Crippen molar-refractivity contribution in [1.82, 2.24) is 0 Å². The van der Waals surface area contributed by atoms with Crippen molar-refractivity contribution in [3.05, 3.63) is 89.5 Å². The zero-order valence-corrected chi connectivity index (χ0v) is 10.9. The Hall–Kier alpha value is -2.92. The molecule has 0 aliphatic carbocycles. The number of allylic oxidation sites excluding steroid dienone is 3. The summed E-state index contributed by atoms with van der Waals surface area (Å²) in [4.78, 5) is 11.9. The van der Waals surface area contributed by atoms with E-state index in [9.17, 15) is 4.79 Å². The molecule has 0 fully saturated rings. The molecule has 2 nitrogen and oxygen atoms in total. The maximum Gasteiger partial charge on any atom is 0.185 e. The monoisotopic (exact) mass is 259 g/mol. The van der Waals surface area contributed by atoms with Gasteiger partial charge in [-0.25, -0.2) is 0 Å². The highest BCUT2D eigenvalue weighted by Crippen LogP contribution is 2.05. The smallest absolute Gasteiger partial charge is 0.185 e. The fraction of sp³-hybridized carbons (Fsp3) is 0. The second kappa shape index (κ2) is 6.86. The highest BCUT2D eigenvalue weighted by molar-refractivity contribution is 6.04. The van der Waals surface area contributed by atoms with Crippen molar-refractivity contribution in [1.29, 1.82) is 5.26 Å². The van der Waals surface area contributed by atoms with Gasteiger partial charge in [-0.2, -0.15) is 5.26 Å². The summed E-state index contributed by atoms with van der Waals surface area (Å²) in [6.45, 7) is 0. The SMILES string of the molecule is N#Cc1ccc(C(=O)/C=C/C=C\c2ccccc2)cc1. The van der Waals surface area contributed by atoms with E-state index in [1.165, 1.54) is 6.08 Å². The number of hydrogen-bond donors (Lipinski definition) is 0. The van der Waals surface area contributed by atoms with Crippen molar-refractivity contribution in [3.8, 4) is 6.07 Å². The van der Waals surface area contributed by atoms with Gasteiger partial charge in [-0.15, -0.1) is 0 Å². The molecule has 2 heteroatoms. The Morgan fingerprint density at radius 3 is 2.30 bits per heavy atom. The molecule has 0 N–H and O–H groups in total. The van der Waals surface area contributed by atoms with Crippen LogP contribution in [0.4, 0.5) is 0 Å². The van der Waals surface area contributed by atoms with Crippen LogP contribution < -0.4 is 0 Å². The van der Waals surface area contributed by atoms with Crippen molar-refractivity contribution in [2.75, 3.05) is 0 Å². The lowest BCUT2D eigenvalue weighted by atomic mass is 10.1. The van der Waals surface area contributed by atoms with Crippen LogP contribution in [0.15, 0.2) is 72.8 Å². The molecule has 0 amide bonds. The van der Waals surface area contributed by atoms with E-state index in [1.807, 2.05) is 48.6 Å². The van der Waals surface area contributed by atoms with Gasteiger partial charge < -0.3 is 0 Å². The molecule has 2 aromatic carbocycles. The third-order valence-electron chi connectivity index (χ3n) is 2.75. The van der Waals surface area contributed by atoms with Gasteiger partial charge in [0.05, 0.1) is 11.6 Å². The molecule has 0 heterocycles. The Balaban J connectivity index is 1.99. The summed E-state index contributed by atoms with van der Waals surface area (Å²) in [5.74, 6) is -0.0767. The molecule has 2 rings (SSSR count). The lowest BCUT2D eigenvalue weighted by Crippen LogP contribution is -1.93. The second-order valence-electron chi connectivity index (χ2n) is 4.18. The van der Waals surface area contributed by atoms with Gasteiger partial charge in [0.25, 0.3) is 0 Å². The molecule has 0 bridgehead atoms. The maximum absolute atomic E-state index is 11.9. The van der Waals surface area contributed by atoms with Gasteiger partial charge >= 0.3 is 0 Å². The standard InChI is InChI=1S/C18H13NO/c19-14-16-10-12-17(13-11-16)18(20)9-5-4-8-15-6-2-1-3-7-15/h1-13H/b8-4-,9-5+. The van der Waals surface area contributed by atoms with E-state index >= 15 is 0 Å². The van der Waals surface area contributed by atoms with E-state index in [0.29, 0.717) is 11.1 Å². The van der Waals surface area contributed by atoms with Crippen molar-refractivity contribution in [2.45, 2.75) is 0 Å². The minimum atomic E-state index is -0.0767. The molecule has 2 aromatic rings. The highest BCUT2D eigenvalue weighted by Gasteiger charge is 2.00. The number of carbonyl (C=O) groups is 1. The first-order chi connectivity index (χ1) is 9.79. The van der Waals surface area contributed by atoms with Gasteiger partial charge in [-0.05, 0) is 35.9 Å². The average molecular weight is 259 g/mol. The zero-order valence-electron chi connectivity index (χ0n) is 10.9.